The van der Waals surface area contributed by atoms with E-state index >= 15 is 0 Å². The van der Waals surface area contributed by atoms with Crippen molar-refractivity contribution < 1.29 is 19.1 Å². The number of fused-ring (bicyclic) bond motifs is 1. The number of aromatic amines is 1. The number of carbonyl (C=O) groups is 2. The zero-order valence-electron chi connectivity index (χ0n) is 17.6. The number of esters is 1. The molecule has 0 spiro atoms. The summed E-state index contributed by atoms with van der Waals surface area (Å²) in [6.07, 6.45) is 5.23. The van der Waals surface area contributed by atoms with Crippen molar-refractivity contribution in [1.82, 2.24) is 9.97 Å². The van der Waals surface area contributed by atoms with Gasteiger partial charge in [-0.3, -0.25) is 9.59 Å². The van der Waals surface area contributed by atoms with Gasteiger partial charge >= 0.3 is 5.97 Å². The molecule has 160 valence electrons. The number of carbonyl (C=O) groups excluding carboxylic acids is 2. The average Bonchev–Trinajstić information content (AvgIpc) is 3.32. The largest absolute Gasteiger partial charge is 0.465 e. The monoisotopic (exact) mass is 428 g/mol. The Morgan fingerprint density at radius 2 is 2.25 bits per heavy atom. The number of ketones is 1. The van der Waals surface area contributed by atoms with Gasteiger partial charge in [0.15, 0.2) is 11.7 Å². The van der Waals surface area contributed by atoms with Gasteiger partial charge in [0.05, 0.1) is 24.8 Å². The minimum absolute atomic E-state index is 0.00492. The van der Waals surface area contributed by atoms with Crippen LogP contribution < -0.4 is 0 Å². The van der Waals surface area contributed by atoms with E-state index in [1.165, 1.54) is 0 Å². The van der Waals surface area contributed by atoms with Crippen LogP contribution >= 0.6 is 0 Å². The molecule has 1 saturated heterocycles. The summed E-state index contributed by atoms with van der Waals surface area (Å²) in [5.74, 6) is -2.53. The molecule has 1 atom stereocenters. The number of pyridine rings is 1. The Labute approximate surface area is 184 Å². The van der Waals surface area contributed by atoms with Gasteiger partial charge in [-0.05, 0) is 49.2 Å². The van der Waals surface area contributed by atoms with Gasteiger partial charge in [0.1, 0.15) is 5.65 Å². The van der Waals surface area contributed by atoms with E-state index < -0.39 is 17.7 Å². The Bertz CT molecular complexity index is 1310. The van der Waals surface area contributed by atoms with E-state index in [9.17, 15) is 9.59 Å². The highest BCUT2D eigenvalue weighted by Gasteiger charge is 2.44. The van der Waals surface area contributed by atoms with E-state index in [4.69, 9.17) is 14.7 Å². The van der Waals surface area contributed by atoms with E-state index in [2.05, 4.69) is 21.0 Å². The molecule has 3 heterocycles. The number of H-pyrrole nitrogens is 1. The van der Waals surface area contributed by atoms with E-state index in [0.29, 0.717) is 16.9 Å². The van der Waals surface area contributed by atoms with Gasteiger partial charge in [0.25, 0.3) is 0 Å². The molecule has 8 heteroatoms. The number of aromatic nitrogens is 2. The van der Waals surface area contributed by atoms with Crippen LogP contribution in [0.5, 0.6) is 0 Å². The van der Waals surface area contributed by atoms with Crippen LogP contribution in [-0.4, -0.2) is 34.2 Å². The second-order valence-electron chi connectivity index (χ2n) is 7.21. The van der Waals surface area contributed by atoms with Crippen LogP contribution in [0.15, 0.2) is 53.5 Å². The Kier molecular flexibility index (Phi) is 5.81. The topological polar surface area (TPSA) is 117 Å². The Morgan fingerprint density at radius 1 is 1.41 bits per heavy atom. The molecule has 2 aromatic heterocycles. The molecule has 0 radical (unpaired) electrons. The minimum atomic E-state index is -1.28. The van der Waals surface area contributed by atoms with Crippen molar-refractivity contribution in [1.29, 1.82) is 5.26 Å². The number of rotatable bonds is 5. The maximum Gasteiger partial charge on any atom is 0.326 e. The van der Waals surface area contributed by atoms with Gasteiger partial charge in [-0.2, -0.15) is 5.26 Å². The van der Waals surface area contributed by atoms with E-state index in [-0.39, 0.29) is 24.7 Å². The van der Waals surface area contributed by atoms with Gasteiger partial charge in [-0.25, -0.2) is 9.98 Å². The maximum absolute atomic E-state index is 13.1. The molecular formula is C24H20N4O4. The van der Waals surface area contributed by atoms with Gasteiger partial charge < -0.3 is 14.5 Å². The molecule has 0 aliphatic carbocycles. The van der Waals surface area contributed by atoms with Crippen LogP contribution in [0.3, 0.4) is 0 Å². The zero-order chi connectivity index (χ0) is 22.7. The van der Waals surface area contributed by atoms with Crippen LogP contribution in [0.2, 0.25) is 0 Å². The number of allylic oxidation sites excluding steroid dienone is 1. The Morgan fingerprint density at radius 3 is 3.00 bits per heavy atom. The lowest BCUT2D eigenvalue weighted by Crippen LogP contribution is -2.27. The zero-order valence-corrected chi connectivity index (χ0v) is 17.6. The van der Waals surface area contributed by atoms with Crippen LogP contribution in [0.1, 0.15) is 23.6 Å². The van der Waals surface area contributed by atoms with Crippen LogP contribution in [0, 0.1) is 24.2 Å². The molecule has 1 aliphatic rings. The van der Waals surface area contributed by atoms with Crippen molar-refractivity contribution >= 4 is 40.4 Å². The Balaban J connectivity index is 1.74. The summed E-state index contributed by atoms with van der Waals surface area (Å²) in [7, 11) is 0. The van der Waals surface area contributed by atoms with Gasteiger partial charge in [0, 0.05) is 23.3 Å². The average molecular weight is 428 g/mol. The van der Waals surface area contributed by atoms with Crippen molar-refractivity contribution in [3.63, 3.8) is 0 Å². The van der Waals surface area contributed by atoms with Gasteiger partial charge in [-0.1, -0.05) is 12.1 Å². The summed E-state index contributed by atoms with van der Waals surface area (Å²) in [4.78, 5) is 37.4. The predicted octanol–water partition coefficient (Wildman–Crippen LogP) is 3.79. The highest BCUT2D eigenvalue weighted by Crippen LogP contribution is 2.30. The summed E-state index contributed by atoms with van der Waals surface area (Å²) >= 11 is 0. The fourth-order valence-electron chi connectivity index (χ4n) is 3.50. The SMILES string of the molecule is CCOC(=O)C1C(=O)/C(=C/c2c[nH]c3ncccc23)OC1=Nc1ccc(CC#N)cc1C. The highest BCUT2D eigenvalue weighted by atomic mass is 16.5. The second-order valence-corrected chi connectivity index (χ2v) is 7.21. The lowest BCUT2D eigenvalue weighted by Gasteiger charge is -2.08. The normalized spacial score (nSPS) is 18.2. The molecule has 1 aliphatic heterocycles. The van der Waals surface area contributed by atoms with Crippen molar-refractivity contribution in [2.24, 2.45) is 10.9 Å². The molecule has 4 rings (SSSR count). The molecule has 1 aromatic carbocycles. The first-order valence-electron chi connectivity index (χ1n) is 10.1. The highest BCUT2D eigenvalue weighted by molar-refractivity contribution is 6.27. The standard InChI is InChI=1S/C24H20N4O4/c1-3-31-24(30)20-21(29)19(12-16-13-27-22-17(16)5-4-10-26-22)32-23(20)28-18-7-6-15(8-9-25)11-14(18)2/h4-7,10-13,20H,3,8H2,1-2H3,(H,26,27)/b19-12-,28-23?. The second kappa shape index (κ2) is 8.86. The van der Waals surface area contributed by atoms with Crippen molar-refractivity contribution in [3.8, 4) is 6.07 Å². The molecule has 0 bridgehead atoms. The summed E-state index contributed by atoms with van der Waals surface area (Å²) in [5, 5.41) is 9.71. The molecular weight excluding hydrogens is 408 g/mol. The summed E-state index contributed by atoms with van der Waals surface area (Å²) in [6, 6.07) is 11.1. The first-order chi connectivity index (χ1) is 15.5. The van der Waals surface area contributed by atoms with Crippen LogP contribution in [0.25, 0.3) is 17.1 Å². The third kappa shape index (κ3) is 4.01. The molecule has 8 nitrogen and oxygen atoms in total. The van der Waals surface area contributed by atoms with Gasteiger partial charge in [-0.15, -0.1) is 0 Å². The quantitative estimate of drug-likeness (QED) is 0.375. The van der Waals surface area contributed by atoms with Crippen molar-refractivity contribution in [2.75, 3.05) is 6.61 Å². The number of hydrogen-bond donors (Lipinski definition) is 1. The fraction of sp³-hybridized carbons (Fsp3) is 0.208. The third-order valence-electron chi connectivity index (χ3n) is 5.03. The summed E-state index contributed by atoms with van der Waals surface area (Å²) in [5.41, 5.74) is 3.57. The Hall–Kier alpha value is -4.25. The number of benzene rings is 1. The maximum atomic E-state index is 13.1. The molecule has 0 amide bonds. The number of hydrogen-bond acceptors (Lipinski definition) is 7. The van der Waals surface area contributed by atoms with Crippen LogP contribution in [0.4, 0.5) is 5.69 Å². The molecule has 1 fully saturated rings. The molecule has 32 heavy (non-hydrogen) atoms. The van der Waals surface area contributed by atoms with Crippen LogP contribution in [-0.2, 0) is 25.5 Å². The molecule has 1 N–H and O–H groups in total. The number of aryl methyl sites for hydroxylation is 1. The number of nitrogens with zero attached hydrogens (tertiary/aromatic N) is 3. The lowest BCUT2D eigenvalue weighted by molar-refractivity contribution is -0.147. The first kappa shape index (κ1) is 21.0. The number of ether oxygens (including phenoxy) is 2. The number of Topliss-reactive ketones (excluding diaryl/α,β-unsaturated/α-hetero) is 1. The fourth-order valence-corrected chi connectivity index (χ4v) is 3.50. The first-order valence-corrected chi connectivity index (χ1v) is 10.1. The van der Waals surface area contributed by atoms with E-state index in [1.54, 1.807) is 43.6 Å². The third-order valence-corrected chi connectivity index (χ3v) is 5.03. The van der Waals surface area contributed by atoms with E-state index in [1.807, 2.05) is 19.1 Å². The van der Waals surface area contributed by atoms with E-state index in [0.717, 1.165) is 16.5 Å². The molecule has 0 saturated carbocycles. The molecule has 1 unspecified atom stereocenters. The van der Waals surface area contributed by atoms with Gasteiger partial charge in [0.2, 0.25) is 11.7 Å². The predicted molar refractivity (Wildman–Crippen MR) is 118 cm³/mol. The van der Waals surface area contributed by atoms with Crippen molar-refractivity contribution in [2.45, 2.75) is 20.3 Å². The van der Waals surface area contributed by atoms with Crippen molar-refractivity contribution in [3.05, 3.63) is 65.2 Å². The number of nitriles is 1. The summed E-state index contributed by atoms with van der Waals surface area (Å²) in [6.45, 7) is 3.64. The smallest absolute Gasteiger partial charge is 0.326 e. The summed E-state index contributed by atoms with van der Waals surface area (Å²) < 4.78 is 10.9. The lowest BCUT2D eigenvalue weighted by atomic mass is 10.0. The number of nitrogens with one attached hydrogen (secondary N) is 1. The minimum Gasteiger partial charge on any atom is -0.465 e. The molecule has 3 aromatic rings. The number of aliphatic imine (C=N–C) groups is 1.